The van der Waals surface area contributed by atoms with Crippen molar-refractivity contribution < 1.29 is 0 Å². The Morgan fingerprint density at radius 2 is 1.54 bits per heavy atom. The molecule has 2 nitrogen and oxygen atoms in total. The molecule has 0 aromatic heterocycles. The average Bonchev–Trinajstić information content (AvgIpc) is 2.17. The zero-order valence-corrected chi connectivity index (χ0v) is 12.7. The van der Waals surface area contributed by atoms with Gasteiger partial charge in [0.05, 0.1) is 0 Å². The number of hydrogen-bond donors (Lipinski definition) is 0. The summed E-state index contributed by atoms with van der Waals surface area (Å²) in [4.78, 5) is 0.0625. The monoisotopic (exact) mass is 434 g/mol. The van der Waals surface area contributed by atoms with E-state index in [1.54, 1.807) is 7.10 Å². The first-order valence-corrected chi connectivity index (χ1v) is 6.43. The molecule has 1 atom stereocenters. The number of halogens is 4. The van der Waals surface area contributed by atoms with Crippen molar-refractivity contribution in [1.29, 1.82) is 0 Å². The molecule has 13 heavy (non-hydrogen) atoms. The van der Waals surface area contributed by atoms with Gasteiger partial charge >= 0.3 is 0 Å². The van der Waals surface area contributed by atoms with Crippen LogP contribution in [0.25, 0.3) is 0 Å². The molecule has 0 amide bonds. The van der Waals surface area contributed by atoms with Crippen LogP contribution in [0.1, 0.15) is 10.5 Å². The predicted octanol–water partition coefficient (Wildman–Crippen LogP) is 4.53. The molecular weight excluding hydrogens is 432 g/mol. The van der Waals surface area contributed by atoms with Crippen molar-refractivity contribution in [2.75, 3.05) is 0 Å². The fourth-order valence-electron chi connectivity index (χ4n) is 0.811. The summed E-state index contributed by atoms with van der Waals surface area (Å²) in [6.07, 6.45) is 0. The average molecular weight is 438 g/mol. The first-order valence-electron chi connectivity index (χ1n) is 3.38. The molecular formula is C7H6Br4N2. The van der Waals surface area contributed by atoms with Crippen molar-refractivity contribution in [2.45, 2.75) is 4.95 Å². The van der Waals surface area contributed by atoms with E-state index in [2.05, 4.69) is 64.4 Å². The number of hydrogen-bond acceptors (Lipinski definition) is 2. The molecule has 0 saturated carbocycles. The third-order valence-electron chi connectivity index (χ3n) is 1.41. The maximum atomic E-state index is 3.53. The van der Waals surface area contributed by atoms with E-state index in [1.807, 2.05) is 30.3 Å². The summed E-state index contributed by atoms with van der Waals surface area (Å²) in [5.74, 6) is 0. The van der Waals surface area contributed by atoms with Crippen LogP contribution in [-0.4, -0.2) is 7.10 Å². The van der Waals surface area contributed by atoms with E-state index in [-0.39, 0.29) is 4.95 Å². The summed E-state index contributed by atoms with van der Waals surface area (Å²) < 4.78 is 3.36. The van der Waals surface area contributed by atoms with Crippen molar-refractivity contribution >= 4 is 64.4 Å². The van der Waals surface area contributed by atoms with E-state index in [0.29, 0.717) is 0 Å². The van der Waals surface area contributed by atoms with Crippen molar-refractivity contribution in [2.24, 2.45) is 0 Å². The van der Waals surface area contributed by atoms with Crippen LogP contribution >= 0.6 is 64.4 Å². The second kappa shape index (κ2) is 5.82. The molecule has 0 aliphatic rings. The third-order valence-corrected chi connectivity index (χ3v) is 5.13. The Balaban J connectivity index is 2.73. The van der Waals surface area contributed by atoms with Gasteiger partial charge in [0.1, 0.15) is 4.95 Å². The third kappa shape index (κ3) is 3.60. The van der Waals surface area contributed by atoms with Crippen LogP contribution < -0.4 is 0 Å². The van der Waals surface area contributed by atoms with Crippen LogP contribution in [0.2, 0.25) is 0 Å². The highest BCUT2D eigenvalue weighted by Crippen LogP contribution is 2.33. The zero-order chi connectivity index (χ0) is 9.84. The molecule has 1 aromatic carbocycles. The van der Waals surface area contributed by atoms with Gasteiger partial charge in [-0.05, 0) is 5.56 Å². The normalized spacial score (nSPS) is 13.7. The van der Waals surface area contributed by atoms with E-state index < -0.39 is 0 Å². The summed E-state index contributed by atoms with van der Waals surface area (Å²) in [6, 6.07) is 10.1. The molecule has 0 spiro atoms. The molecule has 0 N–H and O–H groups in total. The Labute approximate surface area is 111 Å². The smallest absolute Gasteiger partial charge is 0.118 e. The van der Waals surface area contributed by atoms with Crippen LogP contribution in [-0.2, 0) is 0 Å². The van der Waals surface area contributed by atoms with Gasteiger partial charge in [-0.2, -0.15) is 0 Å². The summed E-state index contributed by atoms with van der Waals surface area (Å²) in [6.45, 7) is 0. The van der Waals surface area contributed by atoms with E-state index >= 15 is 0 Å². The van der Waals surface area contributed by atoms with Gasteiger partial charge in [0, 0.05) is 48.4 Å². The number of nitrogens with zero attached hydrogens (tertiary/aromatic N) is 2. The van der Waals surface area contributed by atoms with Gasteiger partial charge in [-0.1, -0.05) is 49.3 Å². The number of rotatable bonds is 3. The summed E-state index contributed by atoms with van der Waals surface area (Å²) in [7, 11) is 0. The number of hydrazine groups is 1. The first-order chi connectivity index (χ1) is 6.13. The van der Waals surface area contributed by atoms with Gasteiger partial charge in [0.2, 0.25) is 0 Å². The lowest BCUT2D eigenvalue weighted by Crippen LogP contribution is -2.19. The van der Waals surface area contributed by atoms with Crippen molar-refractivity contribution in [3.63, 3.8) is 0 Å². The van der Waals surface area contributed by atoms with Crippen LogP contribution in [0, 0.1) is 0 Å². The summed E-state index contributed by atoms with van der Waals surface area (Å²) >= 11 is 13.4. The Morgan fingerprint density at radius 1 is 1.00 bits per heavy atom. The van der Waals surface area contributed by atoms with E-state index in [1.165, 1.54) is 0 Å². The molecule has 1 rings (SSSR count). The summed E-state index contributed by atoms with van der Waals surface area (Å²) in [5.41, 5.74) is 1.16. The number of alkyl halides is 1. The molecule has 1 aromatic rings. The van der Waals surface area contributed by atoms with Crippen LogP contribution in [0.5, 0.6) is 0 Å². The van der Waals surface area contributed by atoms with Crippen LogP contribution in [0.3, 0.4) is 0 Å². The minimum Gasteiger partial charge on any atom is -0.137 e. The highest BCUT2D eigenvalue weighted by atomic mass is 79.9. The Bertz CT molecular complexity index is 254. The Hall–Kier alpha value is 1.06. The molecule has 0 radical (unpaired) electrons. The fraction of sp³-hybridized carbons (Fsp3) is 0.143. The Kier molecular flexibility index (Phi) is 5.43. The van der Waals surface area contributed by atoms with Crippen molar-refractivity contribution in [3.8, 4) is 0 Å². The molecule has 0 aliphatic heterocycles. The minimum absolute atomic E-state index is 0.0625. The summed E-state index contributed by atoms with van der Waals surface area (Å²) in [5, 5.41) is 0. The largest absolute Gasteiger partial charge is 0.137 e. The van der Waals surface area contributed by atoms with E-state index in [4.69, 9.17) is 0 Å². The molecule has 6 heteroatoms. The van der Waals surface area contributed by atoms with Gasteiger partial charge in [-0.25, -0.2) is 0 Å². The zero-order valence-electron chi connectivity index (χ0n) is 6.37. The Morgan fingerprint density at radius 3 is 2.00 bits per heavy atom. The van der Waals surface area contributed by atoms with Gasteiger partial charge in [0.15, 0.2) is 0 Å². The molecule has 0 heterocycles. The minimum atomic E-state index is 0.0625. The molecule has 0 saturated heterocycles. The van der Waals surface area contributed by atoms with Gasteiger partial charge in [0.25, 0.3) is 0 Å². The molecule has 72 valence electrons. The lowest BCUT2D eigenvalue weighted by molar-refractivity contribution is 0.352. The van der Waals surface area contributed by atoms with Crippen LogP contribution in [0.15, 0.2) is 30.3 Å². The SMILES string of the molecule is BrC(c1ccccc1)N(Br)N(Br)Br. The van der Waals surface area contributed by atoms with Gasteiger partial charge < -0.3 is 0 Å². The first kappa shape index (κ1) is 12.1. The lowest BCUT2D eigenvalue weighted by atomic mass is 10.2. The van der Waals surface area contributed by atoms with E-state index in [0.717, 1.165) is 5.56 Å². The number of benzene rings is 1. The molecule has 1 unspecified atom stereocenters. The van der Waals surface area contributed by atoms with Crippen molar-refractivity contribution in [1.82, 2.24) is 7.10 Å². The van der Waals surface area contributed by atoms with Crippen LogP contribution in [0.4, 0.5) is 0 Å². The second-order valence-electron chi connectivity index (χ2n) is 2.25. The van der Waals surface area contributed by atoms with Gasteiger partial charge in [-0.15, -0.1) is 4.03 Å². The fourth-order valence-corrected chi connectivity index (χ4v) is 2.39. The van der Waals surface area contributed by atoms with Gasteiger partial charge in [-0.3, -0.25) is 0 Å². The molecule has 0 bridgehead atoms. The lowest BCUT2D eigenvalue weighted by Gasteiger charge is -2.22. The highest BCUT2D eigenvalue weighted by Gasteiger charge is 2.18. The maximum absolute atomic E-state index is 3.53. The van der Waals surface area contributed by atoms with E-state index in [9.17, 15) is 0 Å². The second-order valence-corrected chi connectivity index (χ2v) is 6.14. The molecule has 0 aliphatic carbocycles. The predicted molar refractivity (Wildman–Crippen MR) is 68.6 cm³/mol. The quantitative estimate of drug-likeness (QED) is 0.297. The highest BCUT2D eigenvalue weighted by molar-refractivity contribution is 9.21. The topological polar surface area (TPSA) is 6.48 Å². The maximum Gasteiger partial charge on any atom is 0.118 e. The standard InChI is InChI=1S/C7H6Br4N2/c8-7(12(9)13(10)11)6-4-2-1-3-5-6/h1-5,7H. The molecule has 0 fully saturated rings. The van der Waals surface area contributed by atoms with Crippen molar-refractivity contribution in [3.05, 3.63) is 35.9 Å².